The fourth-order valence-corrected chi connectivity index (χ4v) is 3.66. The smallest absolute Gasteiger partial charge is 0.496 e. The van der Waals surface area contributed by atoms with Crippen LogP contribution in [-0.2, 0) is 13.6 Å². The average molecular weight is 484 g/mol. The van der Waals surface area contributed by atoms with Crippen molar-refractivity contribution in [1.82, 2.24) is 0 Å². The van der Waals surface area contributed by atoms with Crippen LogP contribution in [0.25, 0.3) is 0 Å². The van der Waals surface area contributed by atoms with Crippen molar-refractivity contribution in [2.75, 3.05) is 21.3 Å². The van der Waals surface area contributed by atoms with E-state index in [4.69, 9.17) is 27.8 Å². The number of methoxy groups -OCH3 is 3. The highest BCUT2D eigenvalue weighted by atomic mass is 31.2. The molecule has 0 bridgehead atoms. The van der Waals surface area contributed by atoms with E-state index in [0.29, 0.717) is 0 Å². The SMILES string of the molecule is COc1ccccc1C(=O)OP(OC(=O)c1ccccc1OC)OC(=O)c1ccccc1OC. The molecule has 0 amide bonds. The lowest BCUT2D eigenvalue weighted by Crippen LogP contribution is -2.13. The number of hydrogen-bond acceptors (Lipinski definition) is 9. The van der Waals surface area contributed by atoms with E-state index in [-0.39, 0.29) is 33.9 Å². The minimum atomic E-state index is -2.82. The Morgan fingerprint density at radius 1 is 0.500 bits per heavy atom. The molecule has 10 heteroatoms. The van der Waals surface area contributed by atoms with E-state index in [1.54, 1.807) is 54.6 Å². The number of carbonyl (C=O) groups excluding carboxylic acids is 3. The molecule has 0 aliphatic rings. The van der Waals surface area contributed by atoms with Crippen LogP contribution >= 0.6 is 8.60 Å². The van der Waals surface area contributed by atoms with Gasteiger partial charge >= 0.3 is 26.5 Å². The van der Waals surface area contributed by atoms with E-state index in [2.05, 4.69) is 0 Å². The topological polar surface area (TPSA) is 107 Å². The van der Waals surface area contributed by atoms with Crippen molar-refractivity contribution in [3.8, 4) is 17.2 Å². The Hall–Kier alpha value is -4.10. The quantitative estimate of drug-likeness (QED) is 0.396. The van der Waals surface area contributed by atoms with Crippen LogP contribution in [0.15, 0.2) is 72.8 Å². The molecular weight excluding hydrogens is 463 g/mol. The minimum absolute atomic E-state index is 0.0548. The predicted molar refractivity (Wildman–Crippen MR) is 122 cm³/mol. The monoisotopic (exact) mass is 484 g/mol. The van der Waals surface area contributed by atoms with Crippen LogP contribution in [0.4, 0.5) is 0 Å². The molecule has 0 spiro atoms. The van der Waals surface area contributed by atoms with Crippen molar-refractivity contribution in [3.05, 3.63) is 89.5 Å². The highest BCUT2D eigenvalue weighted by Crippen LogP contribution is 2.44. The predicted octanol–water partition coefficient (Wildman–Crippen LogP) is 4.81. The molecule has 0 saturated carbocycles. The maximum absolute atomic E-state index is 12.8. The minimum Gasteiger partial charge on any atom is -0.496 e. The second-order valence-electron chi connectivity index (χ2n) is 6.46. The van der Waals surface area contributed by atoms with Gasteiger partial charge in [0.1, 0.15) is 33.9 Å². The van der Waals surface area contributed by atoms with E-state index >= 15 is 0 Å². The lowest BCUT2D eigenvalue weighted by atomic mass is 10.2. The Kier molecular flexibility index (Phi) is 8.43. The molecule has 0 radical (unpaired) electrons. The Morgan fingerprint density at radius 3 is 1.03 bits per heavy atom. The molecule has 3 rings (SSSR count). The summed E-state index contributed by atoms with van der Waals surface area (Å²) in [6.45, 7) is 0. The molecular formula is C24H21O9P. The first kappa shape index (κ1) is 24.5. The standard InChI is InChI=1S/C24H21O9P/c1-28-19-13-7-4-10-16(19)22(25)31-34(32-23(26)17-11-5-8-14-20(17)29-2)33-24(27)18-12-6-9-15-21(18)30-3/h4-15H,1-3H3. The molecule has 3 aromatic rings. The van der Waals surface area contributed by atoms with Crippen molar-refractivity contribution in [3.63, 3.8) is 0 Å². The number of para-hydroxylation sites is 3. The molecule has 0 saturated heterocycles. The summed E-state index contributed by atoms with van der Waals surface area (Å²) in [7, 11) is 1.34. The van der Waals surface area contributed by atoms with Crippen molar-refractivity contribution >= 4 is 26.5 Å². The van der Waals surface area contributed by atoms with Gasteiger partial charge in [0.2, 0.25) is 0 Å². The van der Waals surface area contributed by atoms with Crippen LogP contribution in [0, 0.1) is 0 Å². The molecule has 0 N–H and O–H groups in total. The van der Waals surface area contributed by atoms with E-state index in [9.17, 15) is 14.4 Å². The van der Waals surface area contributed by atoms with E-state index in [1.807, 2.05) is 0 Å². The number of hydrogen-bond donors (Lipinski definition) is 0. The van der Waals surface area contributed by atoms with Crippen molar-refractivity contribution in [2.24, 2.45) is 0 Å². The zero-order valence-electron chi connectivity index (χ0n) is 18.5. The van der Waals surface area contributed by atoms with Gasteiger partial charge in [0.15, 0.2) is 0 Å². The second kappa shape index (κ2) is 11.7. The molecule has 9 nitrogen and oxygen atoms in total. The molecule has 0 aromatic heterocycles. The van der Waals surface area contributed by atoms with Crippen LogP contribution < -0.4 is 14.2 Å². The van der Waals surface area contributed by atoms with Gasteiger partial charge in [0.05, 0.1) is 21.3 Å². The lowest BCUT2D eigenvalue weighted by Gasteiger charge is -2.17. The van der Waals surface area contributed by atoms with Gasteiger partial charge in [-0.25, -0.2) is 14.4 Å². The normalized spacial score (nSPS) is 10.2. The van der Waals surface area contributed by atoms with Crippen molar-refractivity contribution < 1.29 is 42.2 Å². The summed E-state index contributed by atoms with van der Waals surface area (Å²) in [5.74, 6) is -2.05. The Morgan fingerprint density at radius 2 is 0.765 bits per heavy atom. The number of rotatable bonds is 9. The van der Waals surface area contributed by atoms with Crippen molar-refractivity contribution in [1.29, 1.82) is 0 Å². The molecule has 0 aliphatic heterocycles. The maximum atomic E-state index is 12.8. The summed E-state index contributed by atoms with van der Waals surface area (Å²) in [6.07, 6.45) is 0. The first-order valence-corrected chi connectivity index (χ1v) is 10.9. The van der Waals surface area contributed by atoms with E-state index in [0.717, 1.165) is 0 Å². The molecule has 0 unspecified atom stereocenters. The van der Waals surface area contributed by atoms with Crippen LogP contribution in [0.3, 0.4) is 0 Å². The van der Waals surface area contributed by atoms with Gasteiger partial charge in [0, 0.05) is 0 Å². The van der Waals surface area contributed by atoms with Gasteiger partial charge in [-0.1, -0.05) is 36.4 Å². The van der Waals surface area contributed by atoms with Gasteiger partial charge in [-0.3, -0.25) is 0 Å². The molecule has 0 heterocycles. The first-order valence-electron chi connectivity index (χ1n) is 9.84. The van der Waals surface area contributed by atoms with Crippen LogP contribution in [0.5, 0.6) is 17.2 Å². The lowest BCUT2D eigenvalue weighted by molar-refractivity contribution is 0.0544. The van der Waals surface area contributed by atoms with Crippen LogP contribution in [-0.4, -0.2) is 39.2 Å². The van der Waals surface area contributed by atoms with Gasteiger partial charge in [-0.15, -0.1) is 0 Å². The van der Waals surface area contributed by atoms with Gasteiger partial charge in [-0.05, 0) is 36.4 Å². The highest BCUT2D eigenvalue weighted by Gasteiger charge is 2.32. The molecule has 34 heavy (non-hydrogen) atoms. The highest BCUT2D eigenvalue weighted by molar-refractivity contribution is 7.43. The summed E-state index contributed by atoms with van der Waals surface area (Å²) in [4.78, 5) is 38.4. The molecule has 3 aromatic carbocycles. The third kappa shape index (κ3) is 5.82. The van der Waals surface area contributed by atoms with Crippen molar-refractivity contribution in [2.45, 2.75) is 0 Å². The third-order valence-corrected chi connectivity index (χ3v) is 5.40. The molecule has 0 aliphatic carbocycles. The van der Waals surface area contributed by atoms with Crippen LogP contribution in [0.1, 0.15) is 31.1 Å². The summed E-state index contributed by atoms with van der Waals surface area (Å²) >= 11 is 0. The summed E-state index contributed by atoms with van der Waals surface area (Å²) in [5, 5.41) is 0. The third-order valence-electron chi connectivity index (χ3n) is 4.45. The average Bonchev–Trinajstić information content (AvgIpc) is 2.88. The molecule has 0 fully saturated rings. The first-order chi connectivity index (χ1) is 16.5. The fourth-order valence-electron chi connectivity index (χ4n) is 2.85. The zero-order valence-corrected chi connectivity index (χ0v) is 19.4. The van der Waals surface area contributed by atoms with E-state index in [1.165, 1.54) is 39.5 Å². The van der Waals surface area contributed by atoms with Gasteiger partial charge in [-0.2, -0.15) is 0 Å². The Balaban J connectivity index is 1.88. The molecule has 0 atom stereocenters. The Bertz CT molecular complexity index is 1030. The number of ether oxygens (including phenoxy) is 3. The zero-order chi connectivity index (χ0) is 24.5. The summed E-state index contributed by atoms with van der Waals surface area (Å²) in [6, 6.07) is 18.8. The fraction of sp³-hybridized carbons (Fsp3) is 0.125. The van der Waals surface area contributed by atoms with E-state index < -0.39 is 26.5 Å². The maximum Gasteiger partial charge on any atom is 0.537 e. The molecule has 176 valence electrons. The Labute approximate surface area is 197 Å². The number of benzene rings is 3. The largest absolute Gasteiger partial charge is 0.537 e. The van der Waals surface area contributed by atoms with Crippen LogP contribution in [0.2, 0.25) is 0 Å². The summed E-state index contributed by atoms with van der Waals surface area (Å²) in [5.41, 5.74) is 0.164. The second-order valence-corrected chi connectivity index (χ2v) is 7.46. The van der Waals surface area contributed by atoms with Gasteiger partial charge in [0.25, 0.3) is 0 Å². The summed E-state index contributed by atoms with van der Waals surface area (Å²) < 4.78 is 31.4. The number of carbonyl (C=O) groups is 3. The van der Waals surface area contributed by atoms with Gasteiger partial charge < -0.3 is 27.8 Å².